The number of ether oxygens (including phenoxy) is 1. The molecule has 1 aromatic carbocycles. The molecule has 0 bridgehead atoms. The van der Waals surface area contributed by atoms with Crippen LogP contribution in [0.5, 0.6) is 5.75 Å². The lowest BCUT2D eigenvalue weighted by atomic mass is 10.1. The topological polar surface area (TPSA) is 87.1 Å². The SMILES string of the molecule is COc1ccccc1CCNC(=O)c1ccc(CN=[N+]=[N-])s1. The molecule has 0 spiro atoms. The minimum Gasteiger partial charge on any atom is -0.496 e. The van der Waals surface area contributed by atoms with E-state index in [0.29, 0.717) is 17.8 Å². The molecule has 0 aliphatic heterocycles. The second-order valence-corrected chi connectivity index (χ2v) is 5.64. The zero-order valence-electron chi connectivity index (χ0n) is 12.2. The number of carbonyl (C=O) groups is 1. The Bertz CT molecular complexity index is 692. The first kappa shape index (κ1) is 15.9. The minimum absolute atomic E-state index is 0.118. The average molecular weight is 316 g/mol. The van der Waals surface area contributed by atoms with Gasteiger partial charge in [-0.2, -0.15) is 0 Å². The zero-order chi connectivity index (χ0) is 15.8. The van der Waals surface area contributed by atoms with Gasteiger partial charge in [0.2, 0.25) is 0 Å². The molecule has 0 aliphatic carbocycles. The highest BCUT2D eigenvalue weighted by atomic mass is 32.1. The molecule has 0 aliphatic rings. The quantitative estimate of drug-likeness (QED) is 0.481. The van der Waals surface area contributed by atoms with E-state index in [9.17, 15) is 4.79 Å². The molecule has 0 fully saturated rings. The van der Waals surface area contributed by atoms with Gasteiger partial charge in [0.05, 0.1) is 18.5 Å². The van der Waals surface area contributed by atoms with Crippen LogP contribution in [0.25, 0.3) is 10.4 Å². The number of benzene rings is 1. The minimum atomic E-state index is -0.118. The van der Waals surface area contributed by atoms with Gasteiger partial charge in [-0.25, -0.2) is 0 Å². The van der Waals surface area contributed by atoms with E-state index in [4.69, 9.17) is 10.3 Å². The summed E-state index contributed by atoms with van der Waals surface area (Å²) in [6.45, 7) is 0.804. The van der Waals surface area contributed by atoms with Crippen molar-refractivity contribution in [3.63, 3.8) is 0 Å². The maximum Gasteiger partial charge on any atom is 0.261 e. The number of hydrogen-bond donors (Lipinski definition) is 1. The maximum absolute atomic E-state index is 12.0. The summed E-state index contributed by atoms with van der Waals surface area (Å²) in [7, 11) is 1.63. The van der Waals surface area contributed by atoms with Crippen molar-refractivity contribution in [2.24, 2.45) is 5.11 Å². The van der Waals surface area contributed by atoms with Crippen LogP contribution in [0, 0.1) is 0 Å². The Morgan fingerprint density at radius 1 is 1.36 bits per heavy atom. The van der Waals surface area contributed by atoms with E-state index < -0.39 is 0 Å². The van der Waals surface area contributed by atoms with Gasteiger partial charge < -0.3 is 10.1 Å². The largest absolute Gasteiger partial charge is 0.496 e. The summed E-state index contributed by atoms with van der Waals surface area (Å²) >= 11 is 1.33. The Balaban J connectivity index is 1.87. The van der Waals surface area contributed by atoms with E-state index >= 15 is 0 Å². The van der Waals surface area contributed by atoms with Crippen LogP contribution < -0.4 is 10.1 Å². The Kier molecular flexibility index (Phi) is 5.82. The molecule has 1 aromatic heterocycles. The number of thiophene rings is 1. The third-order valence-corrected chi connectivity index (χ3v) is 4.12. The van der Waals surface area contributed by atoms with E-state index in [0.717, 1.165) is 16.2 Å². The van der Waals surface area contributed by atoms with Crippen LogP contribution in [0.1, 0.15) is 20.1 Å². The lowest BCUT2D eigenvalue weighted by Crippen LogP contribution is -2.24. The molecule has 2 rings (SSSR count). The lowest BCUT2D eigenvalue weighted by Gasteiger charge is -2.08. The van der Waals surface area contributed by atoms with Crippen LogP contribution >= 0.6 is 11.3 Å². The Morgan fingerprint density at radius 2 is 2.18 bits per heavy atom. The fraction of sp³-hybridized carbons (Fsp3) is 0.267. The number of methoxy groups -OCH3 is 1. The number of para-hydroxylation sites is 1. The Morgan fingerprint density at radius 3 is 2.95 bits per heavy atom. The fourth-order valence-corrected chi connectivity index (χ4v) is 2.84. The maximum atomic E-state index is 12.0. The van der Waals surface area contributed by atoms with Gasteiger partial charge >= 0.3 is 0 Å². The molecule has 114 valence electrons. The average Bonchev–Trinajstić information content (AvgIpc) is 3.02. The van der Waals surface area contributed by atoms with Crippen LogP contribution in [0.3, 0.4) is 0 Å². The number of hydrogen-bond acceptors (Lipinski definition) is 4. The first-order valence-electron chi connectivity index (χ1n) is 6.74. The molecule has 1 amide bonds. The van der Waals surface area contributed by atoms with Gasteiger partial charge in [0.25, 0.3) is 5.91 Å². The van der Waals surface area contributed by atoms with Crippen molar-refractivity contribution in [1.29, 1.82) is 0 Å². The number of amides is 1. The van der Waals surface area contributed by atoms with E-state index in [2.05, 4.69) is 15.3 Å². The van der Waals surface area contributed by atoms with E-state index in [1.807, 2.05) is 24.3 Å². The summed E-state index contributed by atoms with van der Waals surface area (Å²) in [5.74, 6) is 0.705. The van der Waals surface area contributed by atoms with Crippen molar-refractivity contribution in [1.82, 2.24) is 5.32 Å². The summed E-state index contributed by atoms with van der Waals surface area (Å²) in [4.78, 5) is 16.2. The van der Waals surface area contributed by atoms with Crippen molar-refractivity contribution in [2.75, 3.05) is 13.7 Å². The number of nitrogens with zero attached hydrogens (tertiary/aromatic N) is 3. The van der Waals surface area contributed by atoms with Crippen molar-refractivity contribution in [3.8, 4) is 5.75 Å². The molecule has 0 saturated carbocycles. The standard InChI is InChI=1S/C15H16N4O2S/c1-21-13-5-3-2-4-11(13)8-9-17-15(20)14-7-6-12(22-14)10-18-19-16/h2-7H,8-10H2,1H3,(H,17,20). The van der Waals surface area contributed by atoms with Gasteiger partial charge in [-0.15, -0.1) is 11.3 Å². The molecule has 1 N–H and O–H groups in total. The fourth-order valence-electron chi connectivity index (χ4n) is 1.99. The summed E-state index contributed by atoms with van der Waals surface area (Å²) in [5, 5.41) is 6.36. The molecule has 0 atom stereocenters. The molecule has 0 radical (unpaired) electrons. The zero-order valence-corrected chi connectivity index (χ0v) is 13.0. The van der Waals surface area contributed by atoms with Crippen molar-refractivity contribution >= 4 is 17.2 Å². The third-order valence-electron chi connectivity index (χ3n) is 3.05. The van der Waals surface area contributed by atoms with Gasteiger partial charge in [0.1, 0.15) is 5.75 Å². The Hall–Kier alpha value is -2.50. The second-order valence-electron chi connectivity index (χ2n) is 4.47. The van der Waals surface area contributed by atoms with Crippen molar-refractivity contribution in [2.45, 2.75) is 13.0 Å². The summed E-state index contributed by atoms with van der Waals surface area (Å²) in [6.07, 6.45) is 0.701. The molecule has 0 saturated heterocycles. The van der Waals surface area contributed by atoms with Gasteiger partial charge in [-0.3, -0.25) is 4.79 Å². The van der Waals surface area contributed by atoms with E-state index in [-0.39, 0.29) is 12.5 Å². The molecule has 0 unspecified atom stereocenters. The number of carbonyl (C=O) groups excluding carboxylic acids is 1. The summed E-state index contributed by atoms with van der Waals surface area (Å²) in [6, 6.07) is 11.3. The van der Waals surface area contributed by atoms with Crippen LogP contribution in [0.2, 0.25) is 0 Å². The second kappa shape index (κ2) is 8.07. The highest BCUT2D eigenvalue weighted by Gasteiger charge is 2.09. The number of rotatable bonds is 7. The number of nitrogens with one attached hydrogen (secondary N) is 1. The molecular weight excluding hydrogens is 300 g/mol. The van der Waals surface area contributed by atoms with Crippen LogP contribution in [-0.2, 0) is 13.0 Å². The van der Waals surface area contributed by atoms with E-state index in [1.54, 1.807) is 19.2 Å². The lowest BCUT2D eigenvalue weighted by molar-refractivity contribution is 0.0958. The molecule has 7 heteroatoms. The van der Waals surface area contributed by atoms with Crippen molar-refractivity contribution < 1.29 is 9.53 Å². The predicted octanol–water partition coefficient (Wildman–Crippen LogP) is 3.54. The van der Waals surface area contributed by atoms with Gasteiger partial charge in [0.15, 0.2) is 0 Å². The van der Waals surface area contributed by atoms with Crippen molar-refractivity contribution in [3.05, 3.63) is 62.2 Å². The highest BCUT2D eigenvalue weighted by molar-refractivity contribution is 7.14. The smallest absolute Gasteiger partial charge is 0.261 e. The number of azide groups is 1. The normalized spacial score (nSPS) is 9.86. The van der Waals surface area contributed by atoms with Gasteiger partial charge in [0, 0.05) is 16.3 Å². The molecule has 2 aromatic rings. The Labute approximate surface area is 132 Å². The van der Waals surface area contributed by atoms with E-state index in [1.165, 1.54) is 11.3 Å². The van der Waals surface area contributed by atoms with Crippen LogP contribution in [0.15, 0.2) is 41.5 Å². The summed E-state index contributed by atoms with van der Waals surface area (Å²) in [5.41, 5.74) is 9.34. The summed E-state index contributed by atoms with van der Waals surface area (Å²) < 4.78 is 5.28. The van der Waals surface area contributed by atoms with Gasteiger partial charge in [-0.05, 0) is 35.7 Å². The predicted molar refractivity (Wildman–Crippen MR) is 86.2 cm³/mol. The molecule has 6 nitrogen and oxygen atoms in total. The first-order chi connectivity index (χ1) is 10.7. The first-order valence-corrected chi connectivity index (χ1v) is 7.56. The highest BCUT2D eigenvalue weighted by Crippen LogP contribution is 2.19. The third kappa shape index (κ3) is 4.25. The monoisotopic (exact) mass is 316 g/mol. The molecular formula is C15H16N4O2S. The van der Waals surface area contributed by atoms with Crippen LogP contribution in [0.4, 0.5) is 0 Å². The molecule has 1 heterocycles. The molecule has 22 heavy (non-hydrogen) atoms. The van der Waals surface area contributed by atoms with Crippen LogP contribution in [-0.4, -0.2) is 19.6 Å². The van der Waals surface area contributed by atoms with Gasteiger partial charge in [-0.1, -0.05) is 23.3 Å².